The van der Waals surface area contributed by atoms with Crippen LogP contribution >= 0.6 is 0 Å². The molecule has 1 unspecified atom stereocenters. The first-order valence-corrected chi connectivity index (χ1v) is 4.62. The SMILES string of the molecule is CN(C)C(=O)OC(C)(C(=O)F)C(C)(C)C. The number of hydrogen-bond acceptors (Lipinski definition) is 3. The Morgan fingerprint density at radius 1 is 1.13 bits per heavy atom. The molecule has 0 N–H and O–H groups in total. The van der Waals surface area contributed by atoms with Gasteiger partial charge in [0.05, 0.1) is 0 Å². The van der Waals surface area contributed by atoms with Crippen LogP contribution < -0.4 is 0 Å². The standard InChI is InChI=1S/C10H18FNO3/c1-9(2,3)10(4,7(11)13)15-8(14)12(5)6/h1-6H3. The third kappa shape index (κ3) is 2.91. The fourth-order valence-corrected chi connectivity index (χ4v) is 0.754. The molecule has 0 aromatic rings. The van der Waals surface area contributed by atoms with Crippen LogP contribution in [-0.4, -0.2) is 36.7 Å². The molecule has 0 aliphatic heterocycles. The van der Waals surface area contributed by atoms with Crippen molar-refractivity contribution in [2.75, 3.05) is 14.1 Å². The monoisotopic (exact) mass is 219 g/mol. The van der Waals surface area contributed by atoms with Crippen molar-refractivity contribution in [3.05, 3.63) is 0 Å². The number of amides is 1. The second-order valence-corrected chi connectivity index (χ2v) is 4.82. The molecule has 88 valence electrons. The number of carbonyl (C=O) groups excluding carboxylic acids is 2. The first kappa shape index (κ1) is 13.9. The van der Waals surface area contributed by atoms with Gasteiger partial charge in [0.2, 0.25) is 5.60 Å². The highest BCUT2D eigenvalue weighted by Gasteiger charge is 2.49. The molecule has 15 heavy (non-hydrogen) atoms. The third-order valence-corrected chi connectivity index (χ3v) is 2.46. The molecule has 0 aliphatic rings. The van der Waals surface area contributed by atoms with Crippen LogP contribution in [0.2, 0.25) is 0 Å². The highest BCUT2D eigenvalue weighted by Crippen LogP contribution is 2.35. The van der Waals surface area contributed by atoms with Gasteiger partial charge in [0.1, 0.15) is 0 Å². The van der Waals surface area contributed by atoms with Crippen LogP contribution in [0.15, 0.2) is 0 Å². The van der Waals surface area contributed by atoms with E-state index in [0.29, 0.717) is 0 Å². The summed E-state index contributed by atoms with van der Waals surface area (Å²) in [5, 5.41) is 0. The maximum absolute atomic E-state index is 12.9. The Hall–Kier alpha value is -1.13. The number of halogens is 1. The van der Waals surface area contributed by atoms with E-state index in [1.54, 1.807) is 20.8 Å². The molecule has 0 aromatic carbocycles. The molecule has 5 heteroatoms. The highest BCUT2D eigenvalue weighted by molar-refractivity contribution is 5.82. The van der Waals surface area contributed by atoms with Crippen LogP contribution in [0.1, 0.15) is 27.7 Å². The molecule has 0 heterocycles. The van der Waals surface area contributed by atoms with Gasteiger partial charge in [-0.3, -0.25) is 4.79 Å². The van der Waals surface area contributed by atoms with Gasteiger partial charge in [-0.15, -0.1) is 0 Å². The Balaban J connectivity index is 5.01. The van der Waals surface area contributed by atoms with E-state index >= 15 is 0 Å². The van der Waals surface area contributed by atoms with Crippen molar-refractivity contribution in [1.29, 1.82) is 0 Å². The van der Waals surface area contributed by atoms with Crippen molar-refractivity contribution in [2.24, 2.45) is 5.41 Å². The lowest BCUT2D eigenvalue weighted by molar-refractivity contribution is -0.160. The van der Waals surface area contributed by atoms with Crippen LogP contribution in [0.25, 0.3) is 0 Å². The van der Waals surface area contributed by atoms with E-state index in [2.05, 4.69) is 0 Å². The van der Waals surface area contributed by atoms with Gasteiger partial charge in [0.15, 0.2) is 0 Å². The van der Waals surface area contributed by atoms with Crippen molar-refractivity contribution < 1.29 is 18.7 Å². The Labute approximate surface area is 89.4 Å². The topological polar surface area (TPSA) is 46.6 Å². The molecule has 0 bridgehead atoms. The molecule has 0 saturated carbocycles. The fourth-order valence-electron chi connectivity index (χ4n) is 0.754. The van der Waals surface area contributed by atoms with E-state index in [1.807, 2.05) is 0 Å². The number of nitrogens with zero attached hydrogens (tertiary/aromatic N) is 1. The Kier molecular flexibility index (Phi) is 3.85. The molecule has 1 atom stereocenters. The number of rotatable bonds is 2. The van der Waals surface area contributed by atoms with Gasteiger partial charge in [-0.05, 0) is 6.92 Å². The fraction of sp³-hybridized carbons (Fsp3) is 0.800. The van der Waals surface area contributed by atoms with E-state index in [9.17, 15) is 14.0 Å². The van der Waals surface area contributed by atoms with Crippen molar-refractivity contribution in [3.63, 3.8) is 0 Å². The zero-order valence-electron chi connectivity index (χ0n) is 10.0. The van der Waals surface area contributed by atoms with E-state index in [4.69, 9.17) is 4.74 Å². The van der Waals surface area contributed by atoms with Crippen molar-refractivity contribution in [3.8, 4) is 0 Å². The van der Waals surface area contributed by atoms with E-state index in [1.165, 1.54) is 21.0 Å². The molecule has 0 rings (SSSR count). The molecule has 0 saturated heterocycles. The van der Waals surface area contributed by atoms with E-state index in [0.717, 1.165) is 4.90 Å². The minimum atomic E-state index is -1.76. The van der Waals surface area contributed by atoms with Gasteiger partial charge in [-0.2, -0.15) is 4.39 Å². The molecule has 0 spiro atoms. The first-order valence-electron chi connectivity index (χ1n) is 4.62. The second kappa shape index (κ2) is 4.16. The van der Waals surface area contributed by atoms with Gasteiger partial charge in [0, 0.05) is 19.5 Å². The summed E-state index contributed by atoms with van der Waals surface area (Å²) >= 11 is 0. The summed E-state index contributed by atoms with van der Waals surface area (Å²) in [6, 6.07) is -1.65. The lowest BCUT2D eigenvalue weighted by Crippen LogP contribution is -2.50. The number of ether oxygens (including phenoxy) is 1. The van der Waals surface area contributed by atoms with Crippen molar-refractivity contribution in [1.82, 2.24) is 4.90 Å². The molecule has 0 fully saturated rings. The Morgan fingerprint density at radius 3 is 1.73 bits per heavy atom. The molecule has 4 nitrogen and oxygen atoms in total. The Morgan fingerprint density at radius 2 is 1.53 bits per heavy atom. The molecular weight excluding hydrogens is 201 g/mol. The smallest absolute Gasteiger partial charge is 0.410 e. The summed E-state index contributed by atoms with van der Waals surface area (Å²) in [6.45, 7) is 6.17. The van der Waals surface area contributed by atoms with Gasteiger partial charge in [-0.25, -0.2) is 4.79 Å². The molecule has 0 radical (unpaired) electrons. The second-order valence-electron chi connectivity index (χ2n) is 4.82. The highest BCUT2D eigenvalue weighted by atomic mass is 19.1. The van der Waals surface area contributed by atoms with Crippen molar-refractivity contribution >= 4 is 12.1 Å². The number of hydrogen-bond donors (Lipinski definition) is 0. The summed E-state index contributed by atoms with van der Waals surface area (Å²) in [7, 11) is 2.93. The van der Waals surface area contributed by atoms with Crippen molar-refractivity contribution in [2.45, 2.75) is 33.3 Å². The van der Waals surface area contributed by atoms with Gasteiger partial charge >= 0.3 is 12.1 Å². The van der Waals surface area contributed by atoms with Crippen LogP contribution in [0, 0.1) is 5.41 Å². The summed E-state index contributed by atoms with van der Waals surface area (Å²) < 4.78 is 17.8. The molecule has 0 aromatic heterocycles. The summed E-state index contributed by atoms with van der Waals surface area (Å²) in [5.41, 5.74) is -2.56. The van der Waals surface area contributed by atoms with Crippen LogP contribution in [0.4, 0.5) is 9.18 Å². The summed E-state index contributed by atoms with van der Waals surface area (Å²) in [5.74, 6) is 0. The summed E-state index contributed by atoms with van der Waals surface area (Å²) in [6.07, 6.45) is -0.738. The normalized spacial score (nSPS) is 15.4. The zero-order chi connectivity index (χ0) is 12.4. The average Bonchev–Trinajstić information content (AvgIpc) is 2.01. The quantitative estimate of drug-likeness (QED) is 0.667. The van der Waals surface area contributed by atoms with E-state index < -0.39 is 23.1 Å². The minimum Gasteiger partial charge on any atom is -0.431 e. The lowest BCUT2D eigenvalue weighted by Gasteiger charge is -2.37. The largest absolute Gasteiger partial charge is 0.431 e. The zero-order valence-corrected chi connectivity index (χ0v) is 10.0. The Bertz CT molecular complexity index is 270. The first-order chi connectivity index (χ1) is 6.52. The molecule has 1 amide bonds. The third-order valence-electron chi connectivity index (χ3n) is 2.46. The van der Waals surface area contributed by atoms with Crippen LogP contribution in [-0.2, 0) is 9.53 Å². The van der Waals surface area contributed by atoms with Gasteiger partial charge < -0.3 is 9.64 Å². The lowest BCUT2D eigenvalue weighted by atomic mass is 9.78. The average molecular weight is 219 g/mol. The van der Waals surface area contributed by atoms with Gasteiger partial charge in [-0.1, -0.05) is 20.8 Å². The maximum atomic E-state index is 12.9. The van der Waals surface area contributed by atoms with E-state index in [-0.39, 0.29) is 0 Å². The maximum Gasteiger partial charge on any atom is 0.410 e. The summed E-state index contributed by atoms with van der Waals surface area (Å²) in [4.78, 5) is 23.3. The predicted molar refractivity (Wildman–Crippen MR) is 54.1 cm³/mol. The molecular formula is C10H18FNO3. The predicted octanol–water partition coefficient (Wildman–Crippen LogP) is 1.99. The minimum absolute atomic E-state index is 0.738. The van der Waals surface area contributed by atoms with Crippen LogP contribution in [0.5, 0.6) is 0 Å². The number of carbonyl (C=O) groups is 2. The molecule has 0 aliphatic carbocycles. The van der Waals surface area contributed by atoms with Crippen LogP contribution in [0.3, 0.4) is 0 Å². The van der Waals surface area contributed by atoms with Gasteiger partial charge in [0.25, 0.3) is 0 Å².